The molecule has 0 aliphatic carbocycles. The van der Waals surface area contributed by atoms with Crippen molar-refractivity contribution in [2.75, 3.05) is 26.7 Å². The van der Waals surface area contributed by atoms with Crippen molar-refractivity contribution < 1.29 is 14.3 Å². The highest BCUT2D eigenvalue weighted by atomic mass is 35.5. The standard InChI is InChI=1S/C21H25ClN2O3/c1-16(25)24(14-12-18-5-3-4-6-20(18)27-2)15-21(26)23-13-11-17-7-9-19(22)10-8-17/h3-10H,11-15H2,1-2H3,(H,23,26). The Kier molecular flexibility index (Phi) is 8.14. The molecule has 0 aliphatic rings. The third-order valence-electron chi connectivity index (χ3n) is 4.27. The number of nitrogens with one attached hydrogen (secondary N) is 1. The minimum absolute atomic E-state index is 0.0467. The molecule has 0 bridgehead atoms. The molecule has 6 heteroatoms. The van der Waals surface area contributed by atoms with Gasteiger partial charge in [0.1, 0.15) is 5.75 Å². The first kappa shape index (κ1) is 20.8. The number of amides is 2. The largest absolute Gasteiger partial charge is 0.496 e. The fourth-order valence-electron chi connectivity index (χ4n) is 2.74. The van der Waals surface area contributed by atoms with Gasteiger partial charge in [-0.2, -0.15) is 0 Å². The number of hydrogen-bond acceptors (Lipinski definition) is 3. The van der Waals surface area contributed by atoms with Gasteiger partial charge in [0.25, 0.3) is 0 Å². The molecule has 2 aromatic rings. The second-order valence-corrected chi connectivity index (χ2v) is 6.67. The van der Waals surface area contributed by atoms with Crippen LogP contribution in [0.25, 0.3) is 0 Å². The molecule has 0 saturated heterocycles. The van der Waals surface area contributed by atoms with Crippen LogP contribution in [0, 0.1) is 0 Å². The summed E-state index contributed by atoms with van der Waals surface area (Å²) in [5.74, 6) is 0.491. The third-order valence-corrected chi connectivity index (χ3v) is 4.52. The fraction of sp³-hybridized carbons (Fsp3) is 0.333. The summed E-state index contributed by atoms with van der Waals surface area (Å²) in [5, 5.41) is 3.55. The van der Waals surface area contributed by atoms with Crippen LogP contribution in [0.2, 0.25) is 5.02 Å². The molecule has 5 nitrogen and oxygen atoms in total. The normalized spacial score (nSPS) is 10.3. The highest BCUT2D eigenvalue weighted by molar-refractivity contribution is 6.30. The van der Waals surface area contributed by atoms with Crippen molar-refractivity contribution in [1.29, 1.82) is 0 Å². The summed E-state index contributed by atoms with van der Waals surface area (Å²) >= 11 is 5.86. The van der Waals surface area contributed by atoms with Crippen LogP contribution in [0.4, 0.5) is 0 Å². The monoisotopic (exact) mass is 388 g/mol. The summed E-state index contributed by atoms with van der Waals surface area (Å²) in [6.07, 6.45) is 1.34. The van der Waals surface area contributed by atoms with Gasteiger partial charge in [0, 0.05) is 25.0 Å². The van der Waals surface area contributed by atoms with Crippen molar-refractivity contribution in [2.24, 2.45) is 0 Å². The molecule has 144 valence electrons. The number of benzene rings is 2. The first-order valence-corrected chi connectivity index (χ1v) is 9.26. The van der Waals surface area contributed by atoms with Crippen LogP contribution >= 0.6 is 11.6 Å². The molecule has 0 atom stereocenters. The van der Waals surface area contributed by atoms with Gasteiger partial charge in [0.2, 0.25) is 11.8 Å². The van der Waals surface area contributed by atoms with Crippen LogP contribution in [-0.4, -0.2) is 43.5 Å². The molecular weight excluding hydrogens is 364 g/mol. The molecule has 0 aromatic heterocycles. The molecule has 2 rings (SSSR count). The van der Waals surface area contributed by atoms with Gasteiger partial charge < -0.3 is 15.0 Å². The minimum Gasteiger partial charge on any atom is -0.496 e. The number of methoxy groups -OCH3 is 1. The van der Waals surface area contributed by atoms with E-state index in [0.29, 0.717) is 31.0 Å². The predicted molar refractivity (Wildman–Crippen MR) is 107 cm³/mol. The third kappa shape index (κ3) is 6.94. The highest BCUT2D eigenvalue weighted by Crippen LogP contribution is 2.18. The molecule has 27 heavy (non-hydrogen) atoms. The van der Waals surface area contributed by atoms with Crippen molar-refractivity contribution in [3.8, 4) is 5.75 Å². The van der Waals surface area contributed by atoms with Crippen molar-refractivity contribution in [3.05, 3.63) is 64.7 Å². The average Bonchev–Trinajstić information content (AvgIpc) is 2.66. The number of carbonyl (C=O) groups is 2. The average molecular weight is 389 g/mol. The second kappa shape index (κ2) is 10.6. The number of para-hydroxylation sites is 1. The van der Waals surface area contributed by atoms with E-state index in [-0.39, 0.29) is 18.4 Å². The topological polar surface area (TPSA) is 58.6 Å². The fourth-order valence-corrected chi connectivity index (χ4v) is 2.87. The van der Waals surface area contributed by atoms with Gasteiger partial charge in [-0.1, -0.05) is 41.9 Å². The van der Waals surface area contributed by atoms with E-state index in [1.54, 1.807) is 12.0 Å². The lowest BCUT2D eigenvalue weighted by molar-refractivity contribution is -0.134. The van der Waals surface area contributed by atoms with Crippen LogP contribution < -0.4 is 10.1 Å². The molecule has 0 fully saturated rings. The van der Waals surface area contributed by atoms with Crippen molar-refractivity contribution in [1.82, 2.24) is 10.2 Å². The zero-order valence-electron chi connectivity index (χ0n) is 15.7. The Morgan fingerprint density at radius 3 is 2.44 bits per heavy atom. The molecule has 0 unspecified atom stereocenters. The number of hydrogen-bond donors (Lipinski definition) is 1. The maximum atomic E-state index is 12.2. The van der Waals surface area contributed by atoms with Gasteiger partial charge in [-0.15, -0.1) is 0 Å². The van der Waals surface area contributed by atoms with Crippen LogP contribution in [0.1, 0.15) is 18.1 Å². The minimum atomic E-state index is -0.167. The smallest absolute Gasteiger partial charge is 0.239 e. The van der Waals surface area contributed by atoms with Crippen LogP contribution in [0.15, 0.2) is 48.5 Å². The van der Waals surface area contributed by atoms with E-state index < -0.39 is 0 Å². The molecular formula is C21H25ClN2O3. The lowest BCUT2D eigenvalue weighted by atomic mass is 10.1. The lowest BCUT2D eigenvalue weighted by Gasteiger charge is -2.21. The van der Waals surface area contributed by atoms with Crippen LogP contribution in [0.3, 0.4) is 0 Å². The number of nitrogens with zero attached hydrogens (tertiary/aromatic N) is 1. The Morgan fingerprint density at radius 1 is 1.07 bits per heavy atom. The van der Waals surface area contributed by atoms with E-state index in [0.717, 1.165) is 16.9 Å². The molecule has 0 radical (unpaired) electrons. The summed E-state index contributed by atoms with van der Waals surface area (Å²) in [4.78, 5) is 25.6. The van der Waals surface area contributed by atoms with E-state index in [1.165, 1.54) is 6.92 Å². The number of rotatable bonds is 9. The van der Waals surface area contributed by atoms with E-state index >= 15 is 0 Å². The van der Waals surface area contributed by atoms with Crippen molar-refractivity contribution in [2.45, 2.75) is 19.8 Å². The zero-order valence-corrected chi connectivity index (χ0v) is 16.5. The SMILES string of the molecule is COc1ccccc1CCN(CC(=O)NCCc1ccc(Cl)cc1)C(C)=O. The van der Waals surface area contributed by atoms with E-state index in [9.17, 15) is 9.59 Å². The van der Waals surface area contributed by atoms with Gasteiger partial charge in [0.05, 0.1) is 13.7 Å². The van der Waals surface area contributed by atoms with Crippen molar-refractivity contribution in [3.63, 3.8) is 0 Å². The summed E-state index contributed by atoms with van der Waals surface area (Å²) < 4.78 is 5.33. The first-order valence-electron chi connectivity index (χ1n) is 8.88. The Bertz CT molecular complexity index is 762. The Hall–Kier alpha value is -2.53. The van der Waals surface area contributed by atoms with E-state index in [1.807, 2.05) is 48.5 Å². The van der Waals surface area contributed by atoms with Gasteiger partial charge in [0.15, 0.2) is 0 Å². The van der Waals surface area contributed by atoms with Crippen LogP contribution in [-0.2, 0) is 22.4 Å². The van der Waals surface area contributed by atoms with Gasteiger partial charge >= 0.3 is 0 Å². The van der Waals surface area contributed by atoms with Crippen LogP contribution in [0.5, 0.6) is 5.75 Å². The zero-order chi connectivity index (χ0) is 19.6. The summed E-state index contributed by atoms with van der Waals surface area (Å²) in [6.45, 7) is 2.49. The summed E-state index contributed by atoms with van der Waals surface area (Å²) in [7, 11) is 1.62. The summed E-state index contributed by atoms with van der Waals surface area (Å²) in [6, 6.07) is 15.2. The van der Waals surface area contributed by atoms with Crippen molar-refractivity contribution >= 4 is 23.4 Å². The summed E-state index contributed by atoms with van der Waals surface area (Å²) in [5.41, 5.74) is 2.11. The number of carbonyl (C=O) groups excluding carboxylic acids is 2. The quantitative estimate of drug-likeness (QED) is 0.718. The lowest BCUT2D eigenvalue weighted by Crippen LogP contribution is -2.41. The van der Waals surface area contributed by atoms with E-state index in [2.05, 4.69) is 5.32 Å². The predicted octanol–water partition coefficient (Wildman–Crippen LogP) is 3.10. The Morgan fingerprint density at radius 2 is 1.78 bits per heavy atom. The number of ether oxygens (including phenoxy) is 1. The van der Waals surface area contributed by atoms with Gasteiger partial charge in [-0.05, 0) is 42.2 Å². The maximum absolute atomic E-state index is 12.2. The Balaban J connectivity index is 1.81. The molecule has 0 spiro atoms. The number of halogens is 1. The first-order chi connectivity index (χ1) is 13.0. The molecule has 2 aromatic carbocycles. The Labute approximate surface area is 165 Å². The molecule has 0 saturated carbocycles. The maximum Gasteiger partial charge on any atom is 0.239 e. The van der Waals surface area contributed by atoms with Gasteiger partial charge in [-0.25, -0.2) is 0 Å². The molecule has 2 amide bonds. The van der Waals surface area contributed by atoms with Gasteiger partial charge in [-0.3, -0.25) is 9.59 Å². The molecule has 0 heterocycles. The molecule has 1 N–H and O–H groups in total. The molecule has 0 aliphatic heterocycles. The van der Waals surface area contributed by atoms with E-state index in [4.69, 9.17) is 16.3 Å². The second-order valence-electron chi connectivity index (χ2n) is 6.23. The highest BCUT2D eigenvalue weighted by Gasteiger charge is 2.14.